The van der Waals surface area contributed by atoms with Crippen LogP contribution in [0.2, 0.25) is 0 Å². The van der Waals surface area contributed by atoms with E-state index in [2.05, 4.69) is 19.9 Å². The van der Waals surface area contributed by atoms with Crippen LogP contribution in [-0.2, 0) is 27.6 Å². The monoisotopic (exact) mass is 613 g/mol. The van der Waals surface area contributed by atoms with E-state index in [-0.39, 0.29) is 42.1 Å². The van der Waals surface area contributed by atoms with E-state index in [9.17, 15) is 17.2 Å². The van der Waals surface area contributed by atoms with Crippen molar-refractivity contribution in [1.29, 1.82) is 0 Å². The number of sulfone groups is 1. The van der Waals surface area contributed by atoms with Gasteiger partial charge in [0.15, 0.2) is 15.1 Å². The second kappa shape index (κ2) is 12.9. The Bertz CT molecular complexity index is 1740. The Morgan fingerprint density at radius 1 is 1.02 bits per heavy atom. The Labute approximate surface area is 242 Å². The predicted molar refractivity (Wildman–Crippen MR) is 154 cm³/mol. The molecule has 0 aliphatic heterocycles. The van der Waals surface area contributed by atoms with Gasteiger partial charge in [-0.25, -0.2) is 18.1 Å². The molecule has 0 radical (unpaired) electrons. The number of methoxy groups -OCH3 is 1. The molecule has 14 heteroatoms. The van der Waals surface area contributed by atoms with Crippen molar-refractivity contribution < 1.29 is 31.1 Å². The fraction of sp³-hybridized carbons (Fsp3) is 0.222. The maximum Gasteiger partial charge on any atom is 0.241 e. The molecular weight excluding hydrogens is 589 g/mol. The van der Waals surface area contributed by atoms with E-state index in [1.165, 1.54) is 11.3 Å². The van der Waals surface area contributed by atoms with Crippen LogP contribution in [-0.4, -0.2) is 51.8 Å². The molecule has 2 atom stereocenters. The third kappa shape index (κ3) is 7.15. The van der Waals surface area contributed by atoms with E-state index in [1.54, 1.807) is 31.4 Å². The number of benzene rings is 3. The lowest BCUT2D eigenvalue weighted by Crippen LogP contribution is -2.20. The Morgan fingerprint density at radius 3 is 2.51 bits per heavy atom. The molecular formula is C27H25N4O7S3-. The minimum Gasteiger partial charge on any atom is -0.760 e. The highest BCUT2D eigenvalue weighted by Crippen LogP contribution is 2.37. The number of hydrogen-bond acceptors (Lipinski definition) is 11. The van der Waals surface area contributed by atoms with Crippen LogP contribution < -0.4 is 14.2 Å². The van der Waals surface area contributed by atoms with E-state index in [4.69, 9.17) is 13.9 Å². The molecule has 0 spiro atoms. The molecule has 0 amide bonds. The lowest BCUT2D eigenvalue weighted by atomic mass is 10.1. The summed E-state index contributed by atoms with van der Waals surface area (Å²) < 4.78 is 68.6. The van der Waals surface area contributed by atoms with Crippen LogP contribution in [0.4, 0.5) is 0 Å². The third-order valence-electron chi connectivity index (χ3n) is 6.04. The zero-order valence-corrected chi connectivity index (χ0v) is 24.2. The van der Waals surface area contributed by atoms with E-state index >= 15 is 0 Å². The molecule has 2 heterocycles. The summed E-state index contributed by atoms with van der Waals surface area (Å²) in [7, 11) is -2.34. The largest absolute Gasteiger partial charge is 0.760 e. The van der Waals surface area contributed by atoms with Crippen molar-refractivity contribution in [2.45, 2.75) is 18.2 Å². The van der Waals surface area contributed by atoms with Gasteiger partial charge in [-0.3, -0.25) is 4.21 Å². The first kappa shape index (κ1) is 28.8. The van der Waals surface area contributed by atoms with Gasteiger partial charge in [-0.2, -0.15) is 0 Å². The number of thiazole rings is 1. The van der Waals surface area contributed by atoms with Gasteiger partial charge in [-0.05, 0) is 53.9 Å². The van der Waals surface area contributed by atoms with Gasteiger partial charge < -0.3 is 18.4 Å². The fourth-order valence-corrected chi connectivity index (χ4v) is 7.41. The first-order valence-corrected chi connectivity index (χ1v) is 16.0. The number of fused-ring (bicyclic) bond motifs is 1. The summed E-state index contributed by atoms with van der Waals surface area (Å²) in [5.74, 6) is 0.784. The van der Waals surface area contributed by atoms with Gasteiger partial charge in [0.25, 0.3) is 0 Å². The molecule has 11 nitrogen and oxygen atoms in total. The molecule has 5 rings (SSSR count). The Balaban J connectivity index is 1.40. The number of nitrogens with zero attached hydrogens (tertiary/aromatic N) is 3. The lowest BCUT2D eigenvalue weighted by Gasteiger charge is -2.12. The van der Waals surface area contributed by atoms with E-state index < -0.39 is 26.4 Å². The topological polar surface area (TPSA) is 157 Å². The van der Waals surface area contributed by atoms with Gasteiger partial charge in [0.05, 0.1) is 36.2 Å². The van der Waals surface area contributed by atoms with Crippen LogP contribution in [0.25, 0.3) is 21.3 Å². The normalized spacial score (nSPS) is 13.2. The second-order valence-corrected chi connectivity index (χ2v) is 12.8. The third-order valence-corrected chi connectivity index (χ3v) is 9.66. The van der Waals surface area contributed by atoms with Crippen molar-refractivity contribution in [2.24, 2.45) is 0 Å². The predicted octanol–water partition coefficient (Wildman–Crippen LogP) is 4.21. The van der Waals surface area contributed by atoms with Gasteiger partial charge >= 0.3 is 0 Å². The second-order valence-electron chi connectivity index (χ2n) is 8.82. The minimum atomic E-state index is -3.91. The van der Waals surface area contributed by atoms with Crippen molar-refractivity contribution >= 4 is 42.7 Å². The number of nitrogens with one attached hydrogen (secondary N) is 1. The lowest BCUT2D eigenvalue weighted by molar-refractivity contribution is 0.316. The van der Waals surface area contributed by atoms with Crippen LogP contribution in [0, 0.1) is 0 Å². The van der Waals surface area contributed by atoms with E-state index in [1.807, 2.05) is 48.5 Å². The molecule has 0 saturated carbocycles. The zero-order valence-electron chi connectivity index (χ0n) is 21.8. The summed E-state index contributed by atoms with van der Waals surface area (Å²) in [4.78, 5) is 4.62. The molecule has 0 aliphatic carbocycles. The molecule has 0 bridgehead atoms. The maximum absolute atomic E-state index is 13.7. The summed E-state index contributed by atoms with van der Waals surface area (Å²) in [5, 5.41) is 6.72. The van der Waals surface area contributed by atoms with Gasteiger partial charge in [0.2, 0.25) is 11.8 Å². The number of rotatable bonds is 13. The zero-order chi connectivity index (χ0) is 28.8. The molecule has 2 aromatic heterocycles. The number of aromatic nitrogens is 3. The van der Waals surface area contributed by atoms with Gasteiger partial charge in [-0.15, -0.1) is 21.5 Å². The molecule has 5 aromatic rings. The Morgan fingerprint density at radius 2 is 1.78 bits per heavy atom. The average molecular weight is 614 g/mol. The number of hydrogen-bond donors (Lipinski definition) is 1. The minimum absolute atomic E-state index is 0.0697. The van der Waals surface area contributed by atoms with Gasteiger partial charge in [0.1, 0.15) is 16.5 Å². The average Bonchev–Trinajstić information content (AvgIpc) is 3.61. The number of ether oxygens (including phenoxy) is 2. The summed E-state index contributed by atoms with van der Waals surface area (Å²) in [5.41, 5.74) is 2.63. The molecule has 2 unspecified atom stereocenters. The smallest absolute Gasteiger partial charge is 0.241 e. The highest BCUT2D eigenvalue weighted by molar-refractivity contribution is 7.92. The van der Waals surface area contributed by atoms with Crippen molar-refractivity contribution in [1.82, 2.24) is 19.9 Å². The Kier molecular flexibility index (Phi) is 9.05. The molecule has 0 saturated heterocycles. The van der Waals surface area contributed by atoms with E-state index in [0.29, 0.717) is 17.0 Å². The maximum atomic E-state index is 13.7. The van der Waals surface area contributed by atoms with Crippen molar-refractivity contribution in [3.8, 4) is 22.6 Å². The van der Waals surface area contributed by atoms with Crippen molar-refractivity contribution in [3.63, 3.8) is 0 Å². The van der Waals surface area contributed by atoms with Crippen molar-refractivity contribution in [3.05, 3.63) is 89.6 Å². The SMILES string of the molecule is COc1ccc(OCCCS(=O)(=O)C(c2nnc(CNS(=O)[O-])o2)c2nc3ccc(-c4ccccc4)cc3s2)cc1. The molecule has 3 aromatic carbocycles. The first-order valence-electron chi connectivity index (χ1n) is 12.4. The van der Waals surface area contributed by atoms with Crippen molar-refractivity contribution in [2.75, 3.05) is 19.5 Å². The summed E-state index contributed by atoms with van der Waals surface area (Å²) >= 11 is -1.32. The van der Waals surface area contributed by atoms with Crippen LogP contribution in [0.5, 0.6) is 11.5 Å². The van der Waals surface area contributed by atoms with E-state index in [0.717, 1.165) is 15.8 Å². The molecule has 1 N–H and O–H groups in total. The quantitative estimate of drug-likeness (QED) is 0.151. The highest BCUT2D eigenvalue weighted by Gasteiger charge is 2.36. The standard InChI is InChI=1S/C27H26N4O7S3/c1-36-20-9-11-21(12-10-20)37-14-5-15-41(34,35)25(26-31-30-24(38-26)17-28-40(32)33)27-29-22-13-8-19(16-23(22)39-27)18-6-3-2-4-7-18/h2-4,6-13,16,25,28H,5,14-15,17H2,1H3,(H,32,33)/p-1. The molecule has 214 valence electrons. The fourth-order valence-electron chi connectivity index (χ4n) is 4.08. The van der Waals surface area contributed by atoms with Gasteiger partial charge in [-0.1, -0.05) is 36.4 Å². The summed E-state index contributed by atoms with van der Waals surface area (Å²) in [6.45, 7) is -0.112. The van der Waals surface area contributed by atoms with Crippen LogP contribution >= 0.6 is 11.3 Å². The highest BCUT2D eigenvalue weighted by atomic mass is 32.2. The summed E-state index contributed by atoms with van der Waals surface area (Å²) in [6, 6.07) is 22.5. The first-order chi connectivity index (χ1) is 19.8. The van der Waals surface area contributed by atoms with Gasteiger partial charge in [0, 0.05) is 11.3 Å². The molecule has 0 fully saturated rings. The van der Waals surface area contributed by atoms with Crippen LogP contribution in [0.3, 0.4) is 0 Å². The van der Waals surface area contributed by atoms with Crippen LogP contribution in [0.1, 0.15) is 28.5 Å². The Hall–Kier alpha value is -3.69. The molecule has 41 heavy (non-hydrogen) atoms. The summed E-state index contributed by atoms with van der Waals surface area (Å²) in [6.07, 6.45) is 0.200. The van der Waals surface area contributed by atoms with Crippen LogP contribution in [0.15, 0.2) is 77.2 Å². The molecule has 0 aliphatic rings.